The first-order valence-corrected chi connectivity index (χ1v) is 7.30. The van der Waals surface area contributed by atoms with Gasteiger partial charge in [0.05, 0.1) is 19.8 Å². The molecule has 0 bridgehead atoms. The number of rotatable bonds is 7. The standard InChI is InChI=1S/C16H26N2O3/c1-6-20-13-9-8-12(10-14(13)21-7-2)18-15(19)11-17-16(3,4)5/h8-10,17H,6-7,11H2,1-5H3,(H,18,19). The number of carbonyl (C=O) groups excluding carboxylic acids is 1. The molecule has 1 rings (SSSR count). The van der Waals surface area contributed by atoms with E-state index in [1.165, 1.54) is 0 Å². The maximum absolute atomic E-state index is 11.9. The van der Waals surface area contributed by atoms with Crippen LogP contribution in [0.5, 0.6) is 11.5 Å². The molecule has 0 aliphatic rings. The lowest BCUT2D eigenvalue weighted by atomic mass is 10.1. The Morgan fingerprint density at radius 2 is 1.71 bits per heavy atom. The molecule has 1 aromatic rings. The maximum atomic E-state index is 11.9. The van der Waals surface area contributed by atoms with Crippen LogP contribution in [0.3, 0.4) is 0 Å². The molecule has 1 aromatic carbocycles. The van der Waals surface area contributed by atoms with Gasteiger partial charge >= 0.3 is 0 Å². The number of nitrogens with one attached hydrogen (secondary N) is 2. The molecule has 0 saturated heterocycles. The molecule has 0 fully saturated rings. The Labute approximate surface area is 127 Å². The van der Waals surface area contributed by atoms with E-state index >= 15 is 0 Å². The van der Waals surface area contributed by atoms with Gasteiger partial charge in [-0.15, -0.1) is 0 Å². The highest BCUT2D eigenvalue weighted by molar-refractivity contribution is 5.92. The molecule has 0 radical (unpaired) electrons. The highest BCUT2D eigenvalue weighted by atomic mass is 16.5. The number of carbonyl (C=O) groups is 1. The van der Waals surface area contributed by atoms with Crippen LogP contribution in [0.25, 0.3) is 0 Å². The van der Waals surface area contributed by atoms with Gasteiger partial charge in [0.2, 0.25) is 5.91 Å². The predicted molar refractivity (Wildman–Crippen MR) is 85.2 cm³/mol. The lowest BCUT2D eigenvalue weighted by Gasteiger charge is -2.20. The van der Waals surface area contributed by atoms with Gasteiger partial charge in [-0.2, -0.15) is 0 Å². The van der Waals surface area contributed by atoms with Gasteiger partial charge in [0.25, 0.3) is 0 Å². The average Bonchev–Trinajstić information content (AvgIpc) is 2.39. The summed E-state index contributed by atoms with van der Waals surface area (Å²) in [4.78, 5) is 11.9. The molecule has 5 heteroatoms. The van der Waals surface area contributed by atoms with Crippen molar-refractivity contribution in [2.24, 2.45) is 0 Å². The van der Waals surface area contributed by atoms with E-state index in [-0.39, 0.29) is 18.0 Å². The van der Waals surface area contributed by atoms with Crippen molar-refractivity contribution < 1.29 is 14.3 Å². The van der Waals surface area contributed by atoms with Crippen LogP contribution in [0, 0.1) is 0 Å². The predicted octanol–water partition coefficient (Wildman–Crippen LogP) is 2.81. The van der Waals surface area contributed by atoms with Crippen molar-refractivity contribution in [3.8, 4) is 11.5 Å². The summed E-state index contributed by atoms with van der Waals surface area (Å²) in [7, 11) is 0. The van der Waals surface area contributed by atoms with Crippen molar-refractivity contribution in [1.82, 2.24) is 5.32 Å². The van der Waals surface area contributed by atoms with Crippen LogP contribution < -0.4 is 20.1 Å². The Hall–Kier alpha value is -1.75. The van der Waals surface area contributed by atoms with E-state index in [0.717, 1.165) is 0 Å². The van der Waals surface area contributed by atoms with E-state index in [0.29, 0.717) is 30.4 Å². The molecule has 0 heterocycles. The summed E-state index contributed by atoms with van der Waals surface area (Å²) in [6, 6.07) is 5.40. The fourth-order valence-electron chi connectivity index (χ4n) is 1.68. The van der Waals surface area contributed by atoms with E-state index in [1.54, 1.807) is 12.1 Å². The average molecular weight is 294 g/mol. The van der Waals surface area contributed by atoms with Crippen LogP contribution in [-0.4, -0.2) is 31.2 Å². The minimum Gasteiger partial charge on any atom is -0.490 e. The highest BCUT2D eigenvalue weighted by Crippen LogP contribution is 2.30. The smallest absolute Gasteiger partial charge is 0.238 e. The fourth-order valence-corrected chi connectivity index (χ4v) is 1.68. The van der Waals surface area contributed by atoms with Crippen molar-refractivity contribution in [3.63, 3.8) is 0 Å². The van der Waals surface area contributed by atoms with Crippen molar-refractivity contribution >= 4 is 11.6 Å². The topological polar surface area (TPSA) is 59.6 Å². The molecule has 5 nitrogen and oxygen atoms in total. The third-order valence-corrected chi connectivity index (χ3v) is 2.61. The summed E-state index contributed by atoms with van der Waals surface area (Å²) in [6.45, 7) is 11.3. The molecule has 0 atom stereocenters. The quantitative estimate of drug-likeness (QED) is 0.812. The minimum atomic E-state index is -0.0906. The zero-order valence-corrected chi connectivity index (χ0v) is 13.6. The molecule has 0 aliphatic heterocycles. The molecule has 2 N–H and O–H groups in total. The maximum Gasteiger partial charge on any atom is 0.238 e. The lowest BCUT2D eigenvalue weighted by Crippen LogP contribution is -2.41. The zero-order valence-electron chi connectivity index (χ0n) is 13.6. The van der Waals surface area contributed by atoms with Crippen LogP contribution in [0.1, 0.15) is 34.6 Å². The summed E-state index contributed by atoms with van der Waals surface area (Å²) in [5, 5.41) is 5.99. The van der Waals surface area contributed by atoms with Gasteiger partial charge in [0.15, 0.2) is 11.5 Å². The van der Waals surface area contributed by atoms with Gasteiger partial charge in [-0.3, -0.25) is 4.79 Å². The van der Waals surface area contributed by atoms with Crippen molar-refractivity contribution in [3.05, 3.63) is 18.2 Å². The van der Waals surface area contributed by atoms with Gasteiger partial charge < -0.3 is 20.1 Å². The Morgan fingerprint density at radius 3 is 2.29 bits per heavy atom. The van der Waals surface area contributed by atoms with Gasteiger partial charge in [-0.1, -0.05) is 0 Å². The first-order chi connectivity index (χ1) is 9.85. The second-order valence-corrected chi connectivity index (χ2v) is 5.68. The molecule has 0 aromatic heterocycles. The Morgan fingerprint density at radius 1 is 1.10 bits per heavy atom. The van der Waals surface area contributed by atoms with Gasteiger partial charge in [0.1, 0.15) is 0 Å². The fraction of sp³-hybridized carbons (Fsp3) is 0.562. The summed E-state index contributed by atoms with van der Waals surface area (Å²) in [5.41, 5.74) is 0.606. The molecular weight excluding hydrogens is 268 g/mol. The number of ether oxygens (including phenoxy) is 2. The molecule has 0 saturated carbocycles. The molecule has 0 unspecified atom stereocenters. The van der Waals surface area contributed by atoms with Crippen LogP contribution in [0.4, 0.5) is 5.69 Å². The van der Waals surface area contributed by atoms with Crippen LogP contribution in [0.2, 0.25) is 0 Å². The van der Waals surface area contributed by atoms with Crippen molar-refractivity contribution in [1.29, 1.82) is 0 Å². The van der Waals surface area contributed by atoms with E-state index in [9.17, 15) is 4.79 Å². The summed E-state index contributed by atoms with van der Waals surface area (Å²) >= 11 is 0. The third-order valence-electron chi connectivity index (χ3n) is 2.61. The van der Waals surface area contributed by atoms with E-state index in [1.807, 2.05) is 40.7 Å². The minimum absolute atomic E-state index is 0.0865. The highest BCUT2D eigenvalue weighted by Gasteiger charge is 2.12. The molecule has 0 aliphatic carbocycles. The van der Waals surface area contributed by atoms with E-state index in [4.69, 9.17) is 9.47 Å². The Balaban J connectivity index is 2.70. The van der Waals surface area contributed by atoms with E-state index < -0.39 is 0 Å². The van der Waals surface area contributed by atoms with Crippen molar-refractivity contribution in [2.75, 3.05) is 25.1 Å². The molecule has 1 amide bonds. The number of anilines is 1. The molecular formula is C16H26N2O3. The van der Waals surface area contributed by atoms with Crippen LogP contribution >= 0.6 is 0 Å². The number of benzene rings is 1. The molecule has 21 heavy (non-hydrogen) atoms. The summed E-state index contributed by atoms with van der Waals surface area (Å²) in [5.74, 6) is 1.24. The third kappa shape index (κ3) is 6.49. The Bertz CT molecular complexity index is 467. The number of hydrogen-bond acceptors (Lipinski definition) is 4. The number of hydrogen-bond donors (Lipinski definition) is 2. The summed E-state index contributed by atoms with van der Waals surface area (Å²) in [6.07, 6.45) is 0. The SMILES string of the molecule is CCOc1ccc(NC(=O)CNC(C)(C)C)cc1OCC. The second kappa shape index (κ2) is 7.88. The summed E-state index contributed by atoms with van der Waals surface area (Å²) < 4.78 is 11.0. The zero-order chi connectivity index (χ0) is 15.9. The van der Waals surface area contributed by atoms with Gasteiger partial charge in [-0.05, 0) is 46.8 Å². The number of amides is 1. The Kier molecular flexibility index (Phi) is 6.49. The second-order valence-electron chi connectivity index (χ2n) is 5.68. The van der Waals surface area contributed by atoms with Crippen molar-refractivity contribution in [2.45, 2.75) is 40.2 Å². The normalized spacial score (nSPS) is 11.1. The first kappa shape index (κ1) is 17.3. The lowest BCUT2D eigenvalue weighted by molar-refractivity contribution is -0.115. The molecule has 0 spiro atoms. The van der Waals surface area contributed by atoms with Gasteiger partial charge in [-0.25, -0.2) is 0 Å². The molecule has 118 valence electrons. The monoisotopic (exact) mass is 294 g/mol. The van der Waals surface area contributed by atoms with Crippen LogP contribution in [0.15, 0.2) is 18.2 Å². The van der Waals surface area contributed by atoms with E-state index in [2.05, 4.69) is 10.6 Å². The van der Waals surface area contributed by atoms with Crippen LogP contribution in [-0.2, 0) is 4.79 Å². The first-order valence-electron chi connectivity index (χ1n) is 7.30. The van der Waals surface area contributed by atoms with Gasteiger partial charge in [0, 0.05) is 17.3 Å². The largest absolute Gasteiger partial charge is 0.490 e.